The highest BCUT2D eigenvalue weighted by molar-refractivity contribution is 7.29. The number of thiazole rings is 1. The number of esters is 1. The van der Waals surface area contributed by atoms with Crippen LogP contribution in [0.3, 0.4) is 0 Å². The molecule has 4 aromatic rings. The number of fused-ring (bicyclic) bond motifs is 1. The van der Waals surface area contributed by atoms with Crippen LogP contribution in [0.15, 0.2) is 52.1 Å². The first-order chi connectivity index (χ1) is 13.9. The highest BCUT2D eigenvalue weighted by Crippen LogP contribution is 2.34. The number of nitrogens with one attached hydrogen (secondary N) is 1. The lowest BCUT2D eigenvalue weighted by Crippen LogP contribution is -2.38. The van der Waals surface area contributed by atoms with Gasteiger partial charge in [-0.05, 0) is 18.2 Å². The highest BCUT2D eigenvalue weighted by Gasteiger charge is 2.16. The molecule has 0 aliphatic rings. The molecule has 148 valence electrons. The van der Waals surface area contributed by atoms with Crippen molar-refractivity contribution in [1.29, 1.82) is 0 Å². The van der Waals surface area contributed by atoms with Crippen LogP contribution in [0.5, 0.6) is 0 Å². The van der Waals surface area contributed by atoms with Crippen LogP contribution < -0.4 is 16.6 Å². The molecule has 10 heteroatoms. The summed E-state index contributed by atoms with van der Waals surface area (Å²) in [6.45, 7) is -0.166. The number of anilines is 2. The number of hydrogen-bond donors (Lipinski definition) is 1. The van der Waals surface area contributed by atoms with Crippen LogP contribution in [0.2, 0.25) is 0 Å². The summed E-state index contributed by atoms with van der Waals surface area (Å²) in [4.78, 5) is 41.8. The Morgan fingerprint density at radius 3 is 2.59 bits per heavy atom. The lowest BCUT2D eigenvalue weighted by Gasteiger charge is -2.09. The van der Waals surface area contributed by atoms with Crippen molar-refractivity contribution in [2.24, 2.45) is 14.1 Å². The van der Waals surface area contributed by atoms with Crippen LogP contribution >= 0.6 is 22.7 Å². The van der Waals surface area contributed by atoms with E-state index < -0.39 is 17.2 Å². The van der Waals surface area contributed by atoms with Gasteiger partial charge in [-0.2, -0.15) is 0 Å². The van der Waals surface area contributed by atoms with Gasteiger partial charge in [-0.3, -0.25) is 13.9 Å². The number of ether oxygens (including phenoxy) is 1. The molecule has 0 aliphatic carbocycles. The van der Waals surface area contributed by atoms with E-state index >= 15 is 0 Å². The number of para-hydroxylation sites is 1. The van der Waals surface area contributed by atoms with E-state index in [2.05, 4.69) is 10.3 Å². The Bertz CT molecular complexity index is 1290. The van der Waals surface area contributed by atoms with E-state index in [0.29, 0.717) is 10.6 Å². The molecular formula is C19H16N4O4S2. The van der Waals surface area contributed by atoms with Crippen molar-refractivity contribution in [3.63, 3.8) is 0 Å². The molecule has 29 heavy (non-hydrogen) atoms. The van der Waals surface area contributed by atoms with Crippen LogP contribution in [-0.4, -0.2) is 20.1 Å². The zero-order chi connectivity index (χ0) is 20.5. The Morgan fingerprint density at radius 2 is 1.86 bits per heavy atom. The van der Waals surface area contributed by atoms with Gasteiger partial charge < -0.3 is 10.1 Å². The predicted octanol–water partition coefficient (Wildman–Crippen LogP) is 2.86. The fraction of sp³-hybridized carbons (Fsp3) is 0.158. The number of aromatic nitrogens is 3. The van der Waals surface area contributed by atoms with Gasteiger partial charge in [0.05, 0.1) is 10.4 Å². The van der Waals surface area contributed by atoms with Gasteiger partial charge in [0.25, 0.3) is 5.56 Å². The molecule has 0 saturated heterocycles. The van der Waals surface area contributed by atoms with Crippen LogP contribution in [-0.2, 0) is 25.4 Å². The van der Waals surface area contributed by atoms with Gasteiger partial charge in [-0.1, -0.05) is 29.5 Å². The van der Waals surface area contributed by atoms with Crippen LogP contribution in [0.25, 0.3) is 9.53 Å². The summed E-state index contributed by atoms with van der Waals surface area (Å²) in [7, 11) is 2.92. The third-order valence-electron chi connectivity index (χ3n) is 4.29. The van der Waals surface area contributed by atoms with Crippen molar-refractivity contribution in [2.45, 2.75) is 6.61 Å². The molecule has 0 fully saturated rings. The first-order valence-electron chi connectivity index (χ1n) is 8.58. The second kappa shape index (κ2) is 7.64. The standard InChI is InChI=1S/C19H16N4O4S2/c1-22-12(8-15(24)23(2)19(22)26)10-27-17(25)14-9-13-16(28-14)21-18(29-13)20-11-6-4-3-5-7-11/h3-9H,10H2,1-2H3,(H,20,21). The summed E-state index contributed by atoms with van der Waals surface area (Å²) >= 11 is 2.68. The summed E-state index contributed by atoms with van der Waals surface area (Å²) < 4.78 is 8.44. The molecule has 0 radical (unpaired) electrons. The minimum absolute atomic E-state index is 0.166. The minimum atomic E-state index is -0.522. The van der Waals surface area contributed by atoms with Crippen molar-refractivity contribution in [3.05, 3.63) is 73.9 Å². The van der Waals surface area contributed by atoms with E-state index in [0.717, 1.165) is 24.9 Å². The Kier molecular flexibility index (Phi) is 5.03. The maximum absolute atomic E-state index is 12.4. The van der Waals surface area contributed by atoms with Crippen LogP contribution in [0, 0.1) is 0 Å². The van der Waals surface area contributed by atoms with Crippen molar-refractivity contribution < 1.29 is 9.53 Å². The Balaban J connectivity index is 1.47. The lowest BCUT2D eigenvalue weighted by atomic mass is 10.3. The monoisotopic (exact) mass is 428 g/mol. The predicted molar refractivity (Wildman–Crippen MR) is 113 cm³/mol. The minimum Gasteiger partial charge on any atom is -0.455 e. The zero-order valence-electron chi connectivity index (χ0n) is 15.5. The van der Waals surface area contributed by atoms with Gasteiger partial charge in [-0.25, -0.2) is 14.6 Å². The van der Waals surface area contributed by atoms with E-state index in [4.69, 9.17) is 4.74 Å². The summed E-state index contributed by atoms with van der Waals surface area (Å²) in [5, 5.41) is 3.97. The fourth-order valence-corrected chi connectivity index (χ4v) is 4.69. The first kappa shape index (κ1) is 19.1. The molecule has 0 aliphatic heterocycles. The van der Waals surface area contributed by atoms with Gasteiger partial charge in [0.2, 0.25) is 0 Å². The van der Waals surface area contributed by atoms with E-state index in [9.17, 15) is 14.4 Å². The molecule has 0 amide bonds. The summed E-state index contributed by atoms with van der Waals surface area (Å²) in [6.07, 6.45) is 0. The topological polar surface area (TPSA) is 95.2 Å². The molecule has 0 saturated carbocycles. The second-order valence-electron chi connectivity index (χ2n) is 6.24. The van der Waals surface area contributed by atoms with Gasteiger partial charge in [0.1, 0.15) is 16.3 Å². The number of nitrogens with zero attached hydrogens (tertiary/aromatic N) is 3. The van der Waals surface area contributed by atoms with Gasteiger partial charge in [0, 0.05) is 25.8 Å². The Labute approximate surface area is 172 Å². The molecule has 0 unspecified atom stereocenters. The van der Waals surface area contributed by atoms with Crippen LogP contribution in [0.1, 0.15) is 15.4 Å². The van der Waals surface area contributed by atoms with Gasteiger partial charge in [0.15, 0.2) is 5.13 Å². The molecule has 3 aromatic heterocycles. The number of thiophene rings is 1. The average molecular weight is 428 g/mol. The van der Waals surface area contributed by atoms with E-state index in [1.54, 1.807) is 6.07 Å². The zero-order valence-corrected chi connectivity index (χ0v) is 17.2. The van der Waals surface area contributed by atoms with Crippen molar-refractivity contribution >= 4 is 49.0 Å². The molecular weight excluding hydrogens is 412 g/mol. The fourth-order valence-electron chi connectivity index (χ4n) is 2.66. The molecule has 0 bridgehead atoms. The quantitative estimate of drug-likeness (QED) is 0.491. The number of carbonyl (C=O) groups is 1. The summed E-state index contributed by atoms with van der Waals surface area (Å²) in [6, 6.07) is 12.7. The third-order valence-corrected chi connectivity index (χ3v) is 6.35. The smallest absolute Gasteiger partial charge is 0.348 e. The SMILES string of the molecule is Cn1c(COC(=O)c2cc3sc(Nc4ccccc4)nc3s2)cc(=O)n(C)c1=O. The van der Waals surface area contributed by atoms with Gasteiger partial charge >= 0.3 is 11.7 Å². The number of carbonyl (C=O) groups excluding carboxylic acids is 1. The Morgan fingerprint density at radius 1 is 1.10 bits per heavy atom. The first-order valence-corrected chi connectivity index (χ1v) is 10.2. The highest BCUT2D eigenvalue weighted by atomic mass is 32.1. The third kappa shape index (κ3) is 3.84. The average Bonchev–Trinajstić information content (AvgIpc) is 3.27. The molecule has 4 rings (SSSR count). The lowest BCUT2D eigenvalue weighted by molar-refractivity contribution is 0.0468. The molecule has 3 heterocycles. The van der Waals surface area contributed by atoms with E-state index in [-0.39, 0.29) is 6.61 Å². The van der Waals surface area contributed by atoms with E-state index in [1.807, 2.05) is 30.3 Å². The van der Waals surface area contributed by atoms with Crippen LogP contribution in [0.4, 0.5) is 10.8 Å². The van der Waals surface area contributed by atoms with Crippen molar-refractivity contribution in [1.82, 2.24) is 14.1 Å². The molecule has 8 nitrogen and oxygen atoms in total. The maximum Gasteiger partial charge on any atom is 0.348 e. The second-order valence-corrected chi connectivity index (χ2v) is 8.30. The molecule has 0 spiro atoms. The van der Waals surface area contributed by atoms with Crippen molar-refractivity contribution in [3.8, 4) is 0 Å². The van der Waals surface area contributed by atoms with Crippen molar-refractivity contribution in [2.75, 3.05) is 5.32 Å². The summed E-state index contributed by atoms with van der Waals surface area (Å²) in [5.41, 5.74) is 0.353. The number of hydrogen-bond acceptors (Lipinski definition) is 8. The number of benzene rings is 1. The molecule has 0 atom stereocenters. The largest absolute Gasteiger partial charge is 0.455 e. The van der Waals surface area contributed by atoms with E-state index in [1.165, 1.54) is 47.4 Å². The van der Waals surface area contributed by atoms with Gasteiger partial charge in [-0.15, -0.1) is 11.3 Å². The molecule has 1 aromatic carbocycles. The maximum atomic E-state index is 12.4. The molecule has 1 N–H and O–H groups in total. The Hall–Kier alpha value is -3.24. The normalized spacial score (nSPS) is 11.0. The number of rotatable bonds is 5. The summed E-state index contributed by atoms with van der Waals surface area (Å²) in [5.74, 6) is -0.522.